The standard InChI is InChI=1S/C20H22N2O4/c1-10-16-17(11-5-6-13(23)15(7-11)25-4)18-12(21-19(16)26-22-10)8-20(2,3)9-14(18)24/h5-7,17,21,23H,8-9H2,1-4H3/t17-/m0/s1. The molecule has 4 rings (SSSR count). The molecule has 0 saturated heterocycles. The van der Waals surface area contributed by atoms with E-state index in [1.54, 1.807) is 12.1 Å². The molecule has 2 aromatic rings. The minimum absolute atomic E-state index is 0.0674. The van der Waals surface area contributed by atoms with Crippen molar-refractivity contribution in [3.05, 3.63) is 46.3 Å². The first-order valence-electron chi connectivity index (χ1n) is 8.67. The molecule has 136 valence electrons. The number of ketones is 1. The molecule has 2 heterocycles. The van der Waals surface area contributed by atoms with Crippen LogP contribution in [0, 0.1) is 12.3 Å². The second-order valence-corrected chi connectivity index (χ2v) is 7.83. The van der Waals surface area contributed by atoms with Crippen LogP contribution >= 0.6 is 0 Å². The molecule has 1 aromatic carbocycles. The summed E-state index contributed by atoms with van der Waals surface area (Å²) in [7, 11) is 1.51. The maximum absolute atomic E-state index is 13.1. The third-order valence-corrected chi connectivity index (χ3v) is 5.21. The highest BCUT2D eigenvalue weighted by Crippen LogP contribution is 2.50. The van der Waals surface area contributed by atoms with Crippen LogP contribution in [0.4, 0.5) is 5.88 Å². The van der Waals surface area contributed by atoms with E-state index in [-0.39, 0.29) is 22.9 Å². The fourth-order valence-corrected chi connectivity index (χ4v) is 4.08. The van der Waals surface area contributed by atoms with E-state index < -0.39 is 0 Å². The van der Waals surface area contributed by atoms with Crippen LogP contribution in [0.2, 0.25) is 0 Å². The Morgan fingerprint density at radius 2 is 2.12 bits per heavy atom. The van der Waals surface area contributed by atoms with Crippen LogP contribution in [0.5, 0.6) is 11.5 Å². The third-order valence-electron chi connectivity index (χ3n) is 5.21. The van der Waals surface area contributed by atoms with Gasteiger partial charge in [-0.15, -0.1) is 0 Å². The van der Waals surface area contributed by atoms with Gasteiger partial charge in [-0.3, -0.25) is 4.79 Å². The number of phenols is 1. The average Bonchev–Trinajstić information content (AvgIpc) is 2.93. The molecule has 0 spiro atoms. The number of aromatic nitrogens is 1. The molecule has 6 nitrogen and oxygen atoms in total. The van der Waals surface area contributed by atoms with Gasteiger partial charge in [-0.1, -0.05) is 25.1 Å². The van der Waals surface area contributed by atoms with Crippen LogP contribution in [0.25, 0.3) is 0 Å². The monoisotopic (exact) mass is 354 g/mol. The zero-order valence-electron chi connectivity index (χ0n) is 15.3. The fraction of sp³-hybridized carbons (Fsp3) is 0.400. The number of benzene rings is 1. The van der Waals surface area contributed by atoms with Gasteiger partial charge in [-0.05, 0) is 36.5 Å². The van der Waals surface area contributed by atoms with Crippen LogP contribution < -0.4 is 10.1 Å². The lowest BCUT2D eigenvalue weighted by molar-refractivity contribution is -0.118. The Bertz CT molecular complexity index is 939. The number of phenolic OH excluding ortho intramolecular Hbond substituents is 1. The van der Waals surface area contributed by atoms with E-state index in [1.807, 2.05) is 13.0 Å². The highest BCUT2D eigenvalue weighted by Gasteiger charge is 2.43. The van der Waals surface area contributed by atoms with Gasteiger partial charge in [0.1, 0.15) is 0 Å². The van der Waals surface area contributed by atoms with Crippen LogP contribution in [0.3, 0.4) is 0 Å². The number of hydrogen-bond donors (Lipinski definition) is 2. The van der Waals surface area contributed by atoms with E-state index in [0.29, 0.717) is 18.1 Å². The van der Waals surface area contributed by atoms with Gasteiger partial charge in [-0.25, -0.2) is 0 Å². The number of rotatable bonds is 2. The first kappa shape index (κ1) is 16.7. The average molecular weight is 354 g/mol. The van der Waals surface area contributed by atoms with E-state index in [9.17, 15) is 9.90 Å². The summed E-state index contributed by atoms with van der Waals surface area (Å²) in [5.74, 6) is 0.876. The molecule has 0 amide bonds. The number of ether oxygens (including phenoxy) is 1. The van der Waals surface area contributed by atoms with Crippen molar-refractivity contribution in [2.45, 2.75) is 39.5 Å². The summed E-state index contributed by atoms with van der Waals surface area (Å²) in [5, 5.41) is 17.3. The zero-order valence-corrected chi connectivity index (χ0v) is 15.3. The molecule has 1 atom stereocenters. The molecule has 2 aliphatic rings. The predicted octanol–water partition coefficient (Wildman–Crippen LogP) is 3.90. The maximum atomic E-state index is 13.1. The number of anilines is 1. The Balaban J connectivity index is 1.94. The molecule has 0 radical (unpaired) electrons. The van der Waals surface area contributed by atoms with Crippen LogP contribution in [0.15, 0.2) is 34.0 Å². The number of methoxy groups -OCH3 is 1. The lowest BCUT2D eigenvalue weighted by atomic mass is 9.69. The fourth-order valence-electron chi connectivity index (χ4n) is 4.08. The topological polar surface area (TPSA) is 84.6 Å². The summed E-state index contributed by atoms with van der Waals surface area (Å²) < 4.78 is 10.8. The first-order chi connectivity index (χ1) is 12.3. The predicted molar refractivity (Wildman–Crippen MR) is 96.4 cm³/mol. The normalized spacial score (nSPS) is 21.1. The molecule has 0 fully saturated rings. The highest BCUT2D eigenvalue weighted by atomic mass is 16.5. The van der Waals surface area contributed by atoms with E-state index in [1.165, 1.54) is 7.11 Å². The van der Waals surface area contributed by atoms with Crippen molar-refractivity contribution in [3.63, 3.8) is 0 Å². The number of fused-ring (bicyclic) bond motifs is 1. The Morgan fingerprint density at radius 3 is 2.85 bits per heavy atom. The van der Waals surface area contributed by atoms with Crippen molar-refractivity contribution in [1.29, 1.82) is 0 Å². The number of nitrogens with one attached hydrogen (secondary N) is 1. The summed E-state index contributed by atoms with van der Waals surface area (Å²) >= 11 is 0. The molecule has 6 heteroatoms. The molecular formula is C20H22N2O4. The molecule has 0 unspecified atom stereocenters. The van der Waals surface area contributed by atoms with E-state index in [2.05, 4.69) is 24.3 Å². The molecule has 1 aliphatic carbocycles. The number of carbonyl (C=O) groups is 1. The Labute approximate surface area is 151 Å². The van der Waals surface area contributed by atoms with Crippen molar-refractivity contribution in [2.75, 3.05) is 12.4 Å². The highest BCUT2D eigenvalue weighted by molar-refractivity contribution is 6.01. The van der Waals surface area contributed by atoms with Crippen molar-refractivity contribution in [1.82, 2.24) is 5.16 Å². The third kappa shape index (κ3) is 2.48. The van der Waals surface area contributed by atoms with Crippen molar-refractivity contribution in [2.24, 2.45) is 5.41 Å². The zero-order chi connectivity index (χ0) is 18.6. The number of allylic oxidation sites excluding steroid dienone is 2. The molecular weight excluding hydrogens is 332 g/mol. The van der Waals surface area contributed by atoms with Gasteiger partial charge in [0, 0.05) is 23.6 Å². The number of aryl methyl sites for hydroxylation is 1. The second-order valence-electron chi connectivity index (χ2n) is 7.83. The molecule has 2 N–H and O–H groups in total. The molecule has 0 saturated carbocycles. The Hall–Kier alpha value is -2.76. The van der Waals surface area contributed by atoms with Crippen molar-refractivity contribution in [3.8, 4) is 11.5 Å². The summed E-state index contributed by atoms with van der Waals surface area (Å²) in [5.41, 5.74) is 4.03. The van der Waals surface area contributed by atoms with Gasteiger partial charge in [0.15, 0.2) is 17.3 Å². The van der Waals surface area contributed by atoms with Crippen molar-refractivity contribution >= 4 is 11.7 Å². The summed E-state index contributed by atoms with van der Waals surface area (Å²) in [6, 6.07) is 5.19. The van der Waals surface area contributed by atoms with Crippen LogP contribution in [0.1, 0.15) is 49.4 Å². The SMILES string of the molecule is COc1cc([C@@H]2C3=C(CC(C)(C)CC3=O)Nc3onc(C)c32)ccc1O. The number of hydrogen-bond acceptors (Lipinski definition) is 6. The van der Waals surface area contributed by atoms with Gasteiger partial charge >= 0.3 is 0 Å². The first-order valence-corrected chi connectivity index (χ1v) is 8.67. The number of carbonyl (C=O) groups excluding carboxylic acids is 1. The molecule has 0 bridgehead atoms. The van der Waals surface area contributed by atoms with Gasteiger partial charge in [-0.2, -0.15) is 0 Å². The van der Waals surface area contributed by atoms with Crippen LogP contribution in [-0.2, 0) is 4.79 Å². The Morgan fingerprint density at radius 1 is 1.35 bits per heavy atom. The summed E-state index contributed by atoms with van der Waals surface area (Å²) in [6.45, 7) is 6.06. The second kappa shape index (κ2) is 5.62. The minimum atomic E-state index is -0.286. The number of nitrogens with zero attached hydrogens (tertiary/aromatic N) is 1. The largest absolute Gasteiger partial charge is 0.504 e. The quantitative estimate of drug-likeness (QED) is 0.851. The van der Waals surface area contributed by atoms with Gasteiger partial charge in [0.25, 0.3) is 0 Å². The lowest BCUT2D eigenvalue weighted by Crippen LogP contribution is -2.33. The van der Waals surface area contributed by atoms with Crippen LogP contribution in [-0.4, -0.2) is 23.2 Å². The molecule has 1 aromatic heterocycles. The summed E-state index contributed by atoms with van der Waals surface area (Å²) in [6.07, 6.45) is 1.26. The van der Waals surface area contributed by atoms with Gasteiger partial charge < -0.3 is 19.7 Å². The van der Waals surface area contributed by atoms with Gasteiger partial charge in [0.2, 0.25) is 5.88 Å². The maximum Gasteiger partial charge on any atom is 0.233 e. The van der Waals surface area contributed by atoms with Gasteiger partial charge in [0.05, 0.1) is 18.4 Å². The number of Topliss-reactive ketones (excluding diaryl/α,β-unsaturated/α-hetero) is 1. The smallest absolute Gasteiger partial charge is 0.233 e. The summed E-state index contributed by atoms with van der Waals surface area (Å²) in [4.78, 5) is 13.1. The van der Waals surface area contributed by atoms with E-state index in [4.69, 9.17) is 9.26 Å². The molecule has 26 heavy (non-hydrogen) atoms. The van der Waals surface area contributed by atoms with E-state index >= 15 is 0 Å². The molecule has 1 aliphatic heterocycles. The number of aromatic hydroxyl groups is 1. The van der Waals surface area contributed by atoms with E-state index in [0.717, 1.165) is 34.5 Å². The lowest BCUT2D eigenvalue weighted by Gasteiger charge is -2.37. The van der Waals surface area contributed by atoms with Crippen molar-refractivity contribution < 1.29 is 19.2 Å². The Kier molecular flexibility index (Phi) is 3.61. The minimum Gasteiger partial charge on any atom is -0.504 e.